The average molecular weight is 682 g/mol. The van der Waals surface area contributed by atoms with Gasteiger partial charge in [0.15, 0.2) is 17.2 Å². The van der Waals surface area contributed by atoms with Gasteiger partial charge in [0.25, 0.3) is 0 Å². The molecule has 0 radical (unpaired) electrons. The van der Waals surface area contributed by atoms with E-state index >= 15 is 0 Å². The van der Waals surface area contributed by atoms with Crippen LogP contribution in [0.4, 0.5) is 16.3 Å². The molecule has 1 aromatic carbocycles. The molecule has 3 aromatic heterocycles. The highest BCUT2D eigenvalue weighted by molar-refractivity contribution is 5.89. The van der Waals surface area contributed by atoms with Crippen molar-refractivity contribution < 1.29 is 18.8 Å². The van der Waals surface area contributed by atoms with Crippen molar-refractivity contribution in [1.29, 1.82) is 0 Å². The molecule has 4 saturated heterocycles. The highest BCUT2D eigenvalue weighted by atomic mass is 16.6. The van der Waals surface area contributed by atoms with Gasteiger partial charge in [-0.3, -0.25) is 9.36 Å². The summed E-state index contributed by atoms with van der Waals surface area (Å²) in [6.45, 7) is 8.35. The van der Waals surface area contributed by atoms with E-state index in [2.05, 4.69) is 56.9 Å². The Morgan fingerprint density at radius 3 is 2.57 bits per heavy atom. The van der Waals surface area contributed by atoms with E-state index in [1.54, 1.807) is 6.20 Å². The van der Waals surface area contributed by atoms with Crippen molar-refractivity contribution in [3.63, 3.8) is 0 Å². The number of nitrogens with zero attached hydrogens (tertiary/aromatic N) is 7. The first-order valence-corrected chi connectivity index (χ1v) is 17.9. The molecule has 11 heteroatoms. The Bertz CT molecular complexity index is 2320. The monoisotopic (exact) mass is 681 g/mol. The number of carbonyl (C=O) groups is 2. The average Bonchev–Trinajstić information content (AvgIpc) is 3.31. The number of likely N-dealkylation sites (tertiary alicyclic amines) is 1. The van der Waals surface area contributed by atoms with Gasteiger partial charge < -0.3 is 20.3 Å². The first kappa shape index (κ1) is 30.5. The van der Waals surface area contributed by atoms with Crippen LogP contribution in [0.25, 0.3) is 39.5 Å². The van der Waals surface area contributed by atoms with Gasteiger partial charge in [0.2, 0.25) is 11.9 Å². The summed E-state index contributed by atoms with van der Waals surface area (Å²) in [6.07, 6.45) is 11.7. The van der Waals surface area contributed by atoms with Crippen LogP contribution in [-0.2, 0) is 9.53 Å². The molecular formula is C40H41N8O3+. The van der Waals surface area contributed by atoms with Gasteiger partial charge in [-0.05, 0) is 75.7 Å². The zero-order chi connectivity index (χ0) is 35.1. The lowest BCUT2D eigenvalue weighted by atomic mass is 9.64. The summed E-state index contributed by atoms with van der Waals surface area (Å²) < 4.78 is 8.42. The summed E-state index contributed by atoms with van der Waals surface area (Å²) in [5.41, 5.74) is 14.1. The predicted octanol–water partition coefficient (Wildman–Crippen LogP) is 6.15. The lowest BCUT2D eigenvalue weighted by Gasteiger charge is -2.53. The molecule has 5 fully saturated rings. The number of aromatic nitrogens is 4. The van der Waals surface area contributed by atoms with E-state index in [1.165, 1.54) is 5.57 Å². The third-order valence-corrected chi connectivity index (χ3v) is 12.0. The molecule has 2 unspecified atom stereocenters. The molecule has 10 rings (SSSR count). The number of amides is 2. The smallest absolute Gasteiger partial charge is 0.414 e. The second-order valence-corrected chi connectivity index (χ2v) is 16.4. The summed E-state index contributed by atoms with van der Waals surface area (Å²) in [4.78, 5) is 45.2. The van der Waals surface area contributed by atoms with Crippen molar-refractivity contribution in [2.75, 3.05) is 37.3 Å². The molecule has 0 bridgehead atoms. The van der Waals surface area contributed by atoms with Crippen molar-refractivity contribution in [2.24, 2.45) is 5.41 Å². The summed E-state index contributed by atoms with van der Waals surface area (Å²) >= 11 is 0. The minimum absolute atomic E-state index is 0.0188. The van der Waals surface area contributed by atoms with E-state index in [0.717, 1.165) is 72.8 Å². The fraction of sp³-hybridized carbons (Fsp3) is 0.375. The predicted molar refractivity (Wildman–Crippen MR) is 195 cm³/mol. The van der Waals surface area contributed by atoms with Crippen molar-refractivity contribution in [1.82, 2.24) is 24.4 Å². The second kappa shape index (κ2) is 9.94. The number of anilines is 2. The van der Waals surface area contributed by atoms with Crippen LogP contribution in [0.1, 0.15) is 46.5 Å². The lowest BCUT2D eigenvalue weighted by molar-refractivity contribution is -0.815. The van der Waals surface area contributed by atoms with E-state index in [1.807, 2.05) is 57.0 Å². The molecule has 6 aliphatic rings. The number of fused-ring (bicyclic) bond motifs is 4. The Morgan fingerprint density at radius 1 is 1.04 bits per heavy atom. The van der Waals surface area contributed by atoms with E-state index in [4.69, 9.17) is 20.4 Å². The Labute approximate surface area is 296 Å². The molecule has 7 heterocycles. The summed E-state index contributed by atoms with van der Waals surface area (Å²) in [7, 11) is 1.90. The van der Waals surface area contributed by atoms with Crippen LogP contribution in [-0.4, -0.2) is 84.8 Å². The van der Waals surface area contributed by atoms with Crippen LogP contribution in [0.15, 0.2) is 84.2 Å². The van der Waals surface area contributed by atoms with Crippen LogP contribution in [0, 0.1) is 5.41 Å². The maximum Gasteiger partial charge on any atom is 0.523 e. The van der Waals surface area contributed by atoms with Crippen molar-refractivity contribution >= 4 is 40.4 Å². The molecule has 2 N–H and O–H groups in total. The second-order valence-electron chi connectivity index (χ2n) is 16.4. The molecule has 1 saturated carbocycles. The number of pyridine rings is 2. The molecular weight excluding hydrogens is 640 g/mol. The van der Waals surface area contributed by atoms with Crippen LogP contribution in [0.2, 0.25) is 0 Å². The number of carbonyl (C=O) groups excluding carboxylic acids is 2. The summed E-state index contributed by atoms with van der Waals surface area (Å²) in [5.74, 6) is 1.25. The molecule has 2 aliphatic carbocycles. The topological polar surface area (TPSA) is 119 Å². The van der Waals surface area contributed by atoms with Crippen LogP contribution in [0.5, 0.6) is 0 Å². The van der Waals surface area contributed by atoms with Gasteiger partial charge >= 0.3 is 6.09 Å². The number of nitrogen functional groups attached to an aromatic ring is 1. The van der Waals surface area contributed by atoms with Crippen LogP contribution < -0.4 is 10.6 Å². The molecule has 11 nitrogen and oxygen atoms in total. The zero-order valence-electron chi connectivity index (χ0n) is 29.4. The fourth-order valence-electron chi connectivity index (χ4n) is 9.65. The largest absolute Gasteiger partial charge is 0.523 e. The number of allylic oxidation sites excluding steroid dienone is 4. The van der Waals surface area contributed by atoms with E-state index in [0.29, 0.717) is 29.3 Å². The molecule has 2 spiro atoms. The fourth-order valence-corrected chi connectivity index (χ4v) is 9.65. The van der Waals surface area contributed by atoms with E-state index in [9.17, 15) is 9.59 Å². The number of benzene rings is 1. The van der Waals surface area contributed by atoms with Gasteiger partial charge in [-0.1, -0.05) is 12.1 Å². The first-order chi connectivity index (χ1) is 24.4. The highest BCUT2D eigenvalue weighted by Gasteiger charge is 2.92. The highest BCUT2D eigenvalue weighted by Crippen LogP contribution is 2.75. The molecule has 51 heavy (non-hydrogen) atoms. The Hall–Kier alpha value is -5.29. The van der Waals surface area contributed by atoms with Gasteiger partial charge in [0.1, 0.15) is 22.5 Å². The number of imidazole rings is 1. The normalized spacial score (nSPS) is 25.0. The number of hydrogen-bond acceptors (Lipinski definition) is 8. The minimum atomic E-state index is -0.581. The molecule has 4 aromatic rings. The van der Waals surface area contributed by atoms with Crippen molar-refractivity contribution in [3.05, 3.63) is 84.2 Å². The van der Waals surface area contributed by atoms with Gasteiger partial charge in [0.05, 0.1) is 22.5 Å². The number of nitrogens with two attached hydrogens (primary N) is 1. The standard InChI is InChI=1S/C40H41N8O3/c1-38(2,3)51-37(50)48-31-19-26(11-12-28(33(31)48)40(48)15-7-16-40)47-35(27-10-6-17-42-34(27)41)44-30-14-13-29(43-36(30)47)24-8-5-9-25(18-24)46-22-39(23-46)20-32(49)45(4)21-39/h5-6,8-14,17-19,33H,7,15-16,20-23H2,1-4H3,(H2,41,42)/q+1. The molecule has 2 amide bonds. The summed E-state index contributed by atoms with van der Waals surface area (Å²) in [5, 5.41) is 0. The first-order valence-electron chi connectivity index (χ1n) is 17.9. The van der Waals surface area contributed by atoms with E-state index in [-0.39, 0.29) is 33.5 Å². The van der Waals surface area contributed by atoms with E-state index < -0.39 is 5.60 Å². The number of hydrogen-bond donors (Lipinski definition) is 1. The maximum atomic E-state index is 14.0. The van der Waals surface area contributed by atoms with Gasteiger partial charge in [-0.15, -0.1) is 0 Å². The number of ether oxygens (including phenoxy) is 1. The summed E-state index contributed by atoms with van der Waals surface area (Å²) in [6, 6.07) is 16.3. The van der Waals surface area contributed by atoms with Crippen LogP contribution >= 0.6 is 0 Å². The maximum absolute atomic E-state index is 14.0. The minimum Gasteiger partial charge on any atom is -0.414 e. The third kappa shape index (κ3) is 4.06. The Morgan fingerprint density at radius 2 is 1.86 bits per heavy atom. The van der Waals surface area contributed by atoms with Crippen LogP contribution in [0.3, 0.4) is 0 Å². The third-order valence-electron chi connectivity index (χ3n) is 12.0. The number of quaternary nitrogens is 1. The van der Waals surface area contributed by atoms with Gasteiger partial charge in [-0.25, -0.2) is 15.0 Å². The molecule has 4 aliphatic heterocycles. The lowest BCUT2D eigenvalue weighted by Crippen LogP contribution is -2.69. The van der Waals surface area contributed by atoms with Crippen molar-refractivity contribution in [3.8, 4) is 22.6 Å². The van der Waals surface area contributed by atoms with Gasteiger partial charge in [0, 0.05) is 74.9 Å². The SMILES string of the molecule is CN1CC2(CC1=O)CN(c1cccc(-c3ccc4nc(-c5cccnc5N)n(C5=CC=C6C7C(=C5)[N+]7(C(=O)OC(C)(C)C)C65CCC5)c4n3)c1)C2. The number of rotatable bonds is 4. The quantitative estimate of drug-likeness (QED) is 0.201. The molecule has 258 valence electrons. The molecule has 2 atom stereocenters. The van der Waals surface area contributed by atoms with Crippen molar-refractivity contribution in [2.45, 2.75) is 63.6 Å². The Kier molecular flexibility index (Phi) is 5.95. The van der Waals surface area contributed by atoms with Gasteiger partial charge in [-0.2, -0.15) is 9.28 Å². The Balaban J connectivity index is 1.07. The zero-order valence-corrected chi connectivity index (χ0v) is 29.4.